The smallest absolute Gasteiger partial charge is 0.266 e. The molecular formula is C28H35N3O6. The van der Waals surface area contributed by atoms with E-state index in [-0.39, 0.29) is 32.0 Å². The van der Waals surface area contributed by atoms with Crippen molar-refractivity contribution < 1.29 is 30.1 Å². The fraction of sp³-hybridized carbons (Fsp3) is 0.429. The normalized spacial score (nSPS) is 20.1. The molecule has 0 radical (unpaired) electrons. The first-order chi connectivity index (χ1) is 18.0. The van der Waals surface area contributed by atoms with Gasteiger partial charge >= 0.3 is 0 Å². The molecule has 0 bridgehead atoms. The molecule has 4 amide bonds. The Labute approximate surface area is 218 Å². The Morgan fingerprint density at radius 3 is 2.41 bits per heavy atom. The van der Waals surface area contributed by atoms with Gasteiger partial charge in [0, 0.05) is 27.5 Å². The first kappa shape index (κ1) is 26.5. The van der Waals surface area contributed by atoms with Gasteiger partial charge in [-0.1, -0.05) is 44.2 Å². The number of imide groups is 2. The van der Waals surface area contributed by atoms with Gasteiger partial charge in [0.25, 0.3) is 11.8 Å². The van der Waals surface area contributed by atoms with Crippen LogP contribution in [-0.4, -0.2) is 65.8 Å². The molecule has 0 spiro atoms. The Bertz CT molecular complexity index is 1160. The lowest BCUT2D eigenvalue weighted by Crippen LogP contribution is -2.49. The molecule has 2 saturated heterocycles. The highest BCUT2D eigenvalue weighted by molar-refractivity contribution is 6.24. The number of carbonyl (C=O) groups excluding carboxylic acids is 4. The molecular weight excluding hydrogens is 474 g/mol. The molecule has 0 aromatic heterocycles. The van der Waals surface area contributed by atoms with E-state index in [2.05, 4.69) is 22.3 Å². The fourth-order valence-electron chi connectivity index (χ4n) is 4.71. The van der Waals surface area contributed by atoms with Crippen LogP contribution >= 0.6 is 0 Å². The van der Waals surface area contributed by atoms with Crippen LogP contribution in [0.2, 0.25) is 0 Å². The number of ether oxygens (including phenoxy) is 2. The van der Waals surface area contributed by atoms with E-state index in [0.29, 0.717) is 12.2 Å². The molecule has 2 aromatic carbocycles. The van der Waals surface area contributed by atoms with E-state index in [9.17, 15) is 19.2 Å². The minimum Gasteiger partial charge on any atom is -0.488 e. The summed E-state index contributed by atoms with van der Waals surface area (Å²) >= 11 is 0. The van der Waals surface area contributed by atoms with Gasteiger partial charge in [0.05, 0.1) is 24.3 Å². The van der Waals surface area contributed by atoms with Gasteiger partial charge in [-0.05, 0) is 36.1 Å². The number of hydrogen-bond donors (Lipinski definition) is 1. The predicted molar refractivity (Wildman–Crippen MR) is 138 cm³/mol. The summed E-state index contributed by atoms with van der Waals surface area (Å²) in [5, 5.41) is 2.26. The molecule has 9 heteroatoms. The van der Waals surface area contributed by atoms with Crippen LogP contribution in [0.4, 0.5) is 0 Å². The molecule has 3 aliphatic rings. The third-order valence-electron chi connectivity index (χ3n) is 6.59. The van der Waals surface area contributed by atoms with E-state index in [0.717, 1.165) is 43.3 Å². The highest BCUT2D eigenvalue weighted by Crippen LogP contribution is 2.34. The highest BCUT2D eigenvalue weighted by atomic mass is 16.5. The van der Waals surface area contributed by atoms with Crippen molar-refractivity contribution in [1.29, 1.82) is 0 Å². The molecule has 198 valence electrons. The van der Waals surface area contributed by atoms with Crippen LogP contribution in [0, 0.1) is 0 Å². The monoisotopic (exact) mass is 509 g/mol. The summed E-state index contributed by atoms with van der Waals surface area (Å²) in [5.41, 5.74) is 2.50. The average Bonchev–Trinajstić information content (AvgIpc) is 3.05. The van der Waals surface area contributed by atoms with Gasteiger partial charge in [-0.15, -0.1) is 0 Å². The maximum atomic E-state index is 13.3. The highest BCUT2D eigenvalue weighted by Gasteiger charge is 2.45. The van der Waals surface area contributed by atoms with E-state index >= 15 is 0 Å². The minimum atomic E-state index is -1.01. The zero-order valence-electron chi connectivity index (χ0n) is 21.3. The number of nitrogens with one attached hydrogen (secondary N) is 1. The Morgan fingerprint density at radius 2 is 1.68 bits per heavy atom. The van der Waals surface area contributed by atoms with Gasteiger partial charge in [-0.2, -0.15) is 0 Å². The van der Waals surface area contributed by atoms with Crippen molar-refractivity contribution in [2.75, 3.05) is 26.3 Å². The fourth-order valence-corrected chi connectivity index (χ4v) is 4.71. The topological polar surface area (TPSA) is 105 Å². The Balaban J connectivity index is 0.00000130. The molecule has 0 aliphatic carbocycles. The number of carbonyl (C=O) groups is 4. The number of morpholine rings is 1. The standard InChI is InChI=1S/C26H27N3O6.C2H6.H2/c30-22-6-2-4-20(24(31)27-22)29-25(32)19-3-1-5-21(23(19)26(29)33)35-16-18-9-7-17(8-10-18)15-28-11-13-34-14-12-28;1-2;/h1,3,5,7-10,20H,2,4,6,11-16H2,(H,27,30,31);1-2H3;1H/t20-;;/m0../s1. The summed E-state index contributed by atoms with van der Waals surface area (Å²) < 4.78 is 11.4. The molecule has 2 aromatic rings. The third kappa shape index (κ3) is 5.89. The zero-order chi connectivity index (χ0) is 26.4. The lowest BCUT2D eigenvalue weighted by atomic mass is 10.1. The lowest BCUT2D eigenvalue weighted by molar-refractivity contribution is -0.131. The van der Waals surface area contributed by atoms with E-state index in [1.165, 1.54) is 5.56 Å². The number of fused-ring (bicyclic) bond motifs is 1. The second-order valence-corrected chi connectivity index (χ2v) is 8.97. The van der Waals surface area contributed by atoms with Crippen molar-refractivity contribution in [1.82, 2.24) is 15.1 Å². The molecule has 0 unspecified atom stereocenters. The lowest BCUT2D eigenvalue weighted by Gasteiger charge is -2.26. The number of amides is 4. The van der Waals surface area contributed by atoms with Crippen LogP contribution in [0.1, 0.15) is 66.4 Å². The molecule has 1 atom stereocenters. The number of rotatable bonds is 6. The van der Waals surface area contributed by atoms with Gasteiger partial charge in [0.2, 0.25) is 11.8 Å². The molecule has 3 heterocycles. The van der Waals surface area contributed by atoms with Crippen LogP contribution in [-0.2, 0) is 27.5 Å². The quantitative estimate of drug-likeness (QED) is 0.597. The molecule has 37 heavy (non-hydrogen) atoms. The molecule has 5 rings (SSSR count). The van der Waals surface area contributed by atoms with Gasteiger partial charge in [-0.3, -0.25) is 34.3 Å². The van der Waals surface area contributed by atoms with Gasteiger partial charge in [0.1, 0.15) is 18.4 Å². The van der Waals surface area contributed by atoms with Crippen molar-refractivity contribution >= 4 is 23.6 Å². The number of benzene rings is 2. The van der Waals surface area contributed by atoms with Crippen molar-refractivity contribution in [3.8, 4) is 5.75 Å². The van der Waals surface area contributed by atoms with Crippen molar-refractivity contribution in [2.45, 2.75) is 52.3 Å². The summed E-state index contributed by atoms with van der Waals surface area (Å²) in [6.45, 7) is 8.46. The van der Waals surface area contributed by atoms with Crippen molar-refractivity contribution in [3.63, 3.8) is 0 Å². The second kappa shape index (κ2) is 12.1. The number of nitrogens with zero attached hydrogens (tertiary/aromatic N) is 2. The van der Waals surface area contributed by atoms with Crippen LogP contribution in [0.15, 0.2) is 42.5 Å². The first-order valence-electron chi connectivity index (χ1n) is 12.9. The number of hydrogen-bond acceptors (Lipinski definition) is 7. The van der Waals surface area contributed by atoms with Crippen molar-refractivity contribution in [2.24, 2.45) is 0 Å². The third-order valence-corrected chi connectivity index (χ3v) is 6.59. The molecule has 3 aliphatic heterocycles. The second-order valence-electron chi connectivity index (χ2n) is 8.97. The summed E-state index contributed by atoms with van der Waals surface area (Å²) in [6.07, 6.45) is 0.849. The van der Waals surface area contributed by atoms with E-state index in [4.69, 9.17) is 9.47 Å². The Morgan fingerprint density at radius 1 is 0.973 bits per heavy atom. The minimum absolute atomic E-state index is 0. The summed E-state index contributed by atoms with van der Waals surface area (Å²) in [7, 11) is 0. The van der Waals surface area contributed by atoms with Gasteiger partial charge in [0.15, 0.2) is 0 Å². The van der Waals surface area contributed by atoms with Crippen molar-refractivity contribution in [3.05, 3.63) is 64.7 Å². The van der Waals surface area contributed by atoms with E-state index in [1.807, 2.05) is 26.0 Å². The molecule has 9 nitrogen and oxygen atoms in total. The first-order valence-corrected chi connectivity index (χ1v) is 12.9. The molecule has 0 saturated carbocycles. The van der Waals surface area contributed by atoms with E-state index in [1.54, 1.807) is 18.2 Å². The van der Waals surface area contributed by atoms with Crippen LogP contribution < -0.4 is 10.1 Å². The molecule has 2 fully saturated rings. The van der Waals surface area contributed by atoms with Crippen LogP contribution in [0.3, 0.4) is 0 Å². The molecule has 1 N–H and O–H groups in total. The van der Waals surface area contributed by atoms with Gasteiger partial charge in [-0.25, -0.2) is 0 Å². The SMILES string of the molecule is CC.O=C1CCC[C@H](N2C(=O)c3cccc(OCc4ccc(CN5CCOCC5)cc4)c3C2=O)C(=O)N1.[HH]. The van der Waals surface area contributed by atoms with Crippen LogP contribution in [0.25, 0.3) is 0 Å². The Hall–Kier alpha value is -3.56. The summed E-state index contributed by atoms with van der Waals surface area (Å²) in [6, 6.07) is 12.0. The van der Waals surface area contributed by atoms with E-state index < -0.39 is 29.7 Å². The van der Waals surface area contributed by atoms with Gasteiger partial charge < -0.3 is 9.47 Å². The summed E-state index contributed by atoms with van der Waals surface area (Å²) in [4.78, 5) is 53.8. The zero-order valence-corrected chi connectivity index (χ0v) is 21.3. The maximum Gasteiger partial charge on any atom is 0.266 e. The predicted octanol–water partition coefficient (Wildman–Crippen LogP) is 3.16. The summed E-state index contributed by atoms with van der Waals surface area (Å²) in [5.74, 6) is -1.84. The van der Waals surface area contributed by atoms with Crippen LogP contribution in [0.5, 0.6) is 5.75 Å². The maximum absolute atomic E-state index is 13.3. The Kier molecular flexibility index (Phi) is 8.68. The average molecular weight is 510 g/mol. The largest absolute Gasteiger partial charge is 0.488 e.